The monoisotopic (exact) mass is 459 g/mol. The van der Waals surface area contributed by atoms with Gasteiger partial charge in [-0.25, -0.2) is 4.98 Å². The Labute approximate surface area is 163 Å². The van der Waals surface area contributed by atoms with Crippen molar-refractivity contribution in [1.29, 1.82) is 0 Å². The average molecular weight is 459 g/mol. The lowest BCUT2D eigenvalue weighted by Crippen LogP contribution is -2.41. The van der Waals surface area contributed by atoms with Gasteiger partial charge in [0.2, 0.25) is 0 Å². The number of halogens is 1. The van der Waals surface area contributed by atoms with Crippen molar-refractivity contribution in [3.63, 3.8) is 0 Å². The maximum Gasteiger partial charge on any atom is 0.251 e. The molecule has 0 saturated carbocycles. The highest BCUT2D eigenvalue weighted by Crippen LogP contribution is 2.10. The number of amides is 1. The summed E-state index contributed by atoms with van der Waals surface area (Å²) >= 11 is 1.66. The van der Waals surface area contributed by atoms with Gasteiger partial charge in [-0.15, -0.1) is 35.3 Å². The van der Waals surface area contributed by atoms with Crippen LogP contribution in [0.2, 0.25) is 0 Å². The van der Waals surface area contributed by atoms with Crippen molar-refractivity contribution in [2.75, 3.05) is 20.1 Å². The average Bonchev–Trinajstić information content (AvgIpc) is 3.00. The van der Waals surface area contributed by atoms with Crippen LogP contribution in [0.4, 0.5) is 0 Å². The van der Waals surface area contributed by atoms with E-state index in [1.165, 1.54) is 4.88 Å². The van der Waals surface area contributed by atoms with Crippen molar-refractivity contribution in [3.05, 3.63) is 52.0 Å². The number of aryl methyl sites for hydroxylation is 1. The number of carbonyl (C=O) groups excluding carboxylic acids is 1. The molecule has 0 radical (unpaired) electrons. The Kier molecular flexibility index (Phi) is 9.31. The fraction of sp³-hybridized carbons (Fsp3) is 0.312. The number of aromatic nitrogens is 1. The lowest BCUT2D eigenvalue weighted by atomic mass is 10.2. The number of carbonyl (C=O) groups is 1. The lowest BCUT2D eigenvalue weighted by Gasteiger charge is -2.11. The molecule has 2 aromatic rings. The molecule has 1 aromatic heterocycles. The van der Waals surface area contributed by atoms with Gasteiger partial charge in [-0.05, 0) is 19.1 Å². The normalized spacial score (nSPS) is 10.7. The minimum atomic E-state index is -0.0754. The summed E-state index contributed by atoms with van der Waals surface area (Å²) in [4.78, 5) is 21.5. The molecule has 0 unspecified atom stereocenters. The van der Waals surface area contributed by atoms with Gasteiger partial charge in [0.1, 0.15) is 5.01 Å². The SMILES string of the molecule is CN=C(NCCNC(=O)c1ccccc1)NCc1ncc(C)s1.I. The first-order valence-corrected chi connectivity index (χ1v) is 8.20. The molecule has 0 saturated heterocycles. The van der Waals surface area contributed by atoms with Crippen molar-refractivity contribution >= 4 is 47.2 Å². The highest BCUT2D eigenvalue weighted by atomic mass is 127. The van der Waals surface area contributed by atoms with Crippen LogP contribution in [0.1, 0.15) is 20.2 Å². The topological polar surface area (TPSA) is 78.4 Å². The zero-order valence-electron chi connectivity index (χ0n) is 13.7. The molecule has 24 heavy (non-hydrogen) atoms. The summed E-state index contributed by atoms with van der Waals surface area (Å²) in [5.41, 5.74) is 0.661. The molecular weight excluding hydrogens is 437 g/mol. The number of hydrogen-bond acceptors (Lipinski definition) is 4. The summed E-state index contributed by atoms with van der Waals surface area (Å²) in [5, 5.41) is 10.2. The number of benzene rings is 1. The summed E-state index contributed by atoms with van der Waals surface area (Å²) in [7, 11) is 1.71. The van der Waals surface area contributed by atoms with Crippen LogP contribution in [-0.4, -0.2) is 37.0 Å². The van der Waals surface area contributed by atoms with E-state index in [1.54, 1.807) is 30.5 Å². The van der Waals surface area contributed by atoms with Crippen LogP contribution in [0.15, 0.2) is 41.5 Å². The first-order chi connectivity index (χ1) is 11.2. The molecule has 0 spiro atoms. The van der Waals surface area contributed by atoms with E-state index in [-0.39, 0.29) is 29.9 Å². The molecule has 0 aliphatic rings. The van der Waals surface area contributed by atoms with Gasteiger partial charge in [-0.1, -0.05) is 18.2 Å². The van der Waals surface area contributed by atoms with E-state index in [9.17, 15) is 4.79 Å². The maximum atomic E-state index is 11.9. The van der Waals surface area contributed by atoms with E-state index in [0.29, 0.717) is 31.2 Å². The van der Waals surface area contributed by atoms with E-state index in [2.05, 4.69) is 25.9 Å². The van der Waals surface area contributed by atoms with Gasteiger partial charge in [0.05, 0.1) is 6.54 Å². The van der Waals surface area contributed by atoms with Crippen LogP contribution in [0.5, 0.6) is 0 Å². The molecule has 1 amide bonds. The third-order valence-electron chi connectivity index (χ3n) is 3.04. The van der Waals surface area contributed by atoms with E-state index in [0.717, 1.165) is 5.01 Å². The number of aliphatic imine (C=N–C) groups is 1. The van der Waals surface area contributed by atoms with Crippen molar-refractivity contribution in [2.24, 2.45) is 4.99 Å². The summed E-state index contributed by atoms with van der Waals surface area (Å²) in [6.45, 7) is 3.78. The first kappa shape index (κ1) is 20.4. The second-order valence-corrected chi connectivity index (χ2v) is 6.16. The van der Waals surface area contributed by atoms with Crippen LogP contribution < -0.4 is 16.0 Å². The second kappa shape index (κ2) is 11.0. The number of nitrogens with one attached hydrogen (secondary N) is 3. The van der Waals surface area contributed by atoms with Gasteiger partial charge in [-0.3, -0.25) is 9.79 Å². The minimum Gasteiger partial charge on any atom is -0.355 e. The van der Waals surface area contributed by atoms with Gasteiger partial charge >= 0.3 is 0 Å². The van der Waals surface area contributed by atoms with Gasteiger partial charge < -0.3 is 16.0 Å². The predicted molar refractivity (Wildman–Crippen MR) is 109 cm³/mol. The highest BCUT2D eigenvalue weighted by Gasteiger charge is 2.04. The third kappa shape index (κ3) is 6.83. The molecule has 8 heteroatoms. The quantitative estimate of drug-likeness (QED) is 0.268. The zero-order chi connectivity index (χ0) is 16.5. The Morgan fingerprint density at radius 3 is 2.50 bits per heavy atom. The Hall–Kier alpha value is -1.68. The van der Waals surface area contributed by atoms with Crippen LogP contribution in [0, 0.1) is 6.92 Å². The molecule has 2 rings (SSSR count). The Morgan fingerprint density at radius 2 is 1.88 bits per heavy atom. The van der Waals surface area contributed by atoms with E-state index in [4.69, 9.17) is 0 Å². The standard InChI is InChI=1S/C16H21N5OS.HI/c1-12-10-20-14(23-12)11-21-16(17-2)19-9-8-18-15(22)13-6-4-3-5-7-13;/h3-7,10H,8-9,11H2,1-2H3,(H,18,22)(H2,17,19,21);1H. The number of hydrogen-bond donors (Lipinski definition) is 3. The molecule has 0 aliphatic heterocycles. The zero-order valence-corrected chi connectivity index (χ0v) is 16.9. The summed E-state index contributed by atoms with van der Waals surface area (Å²) in [6, 6.07) is 9.16. The maximum absolute atomic E-state index is 11.9. The first-order valence-electron chi connectivity index (χ1n) is 7.38. The lowest BCUT2D eigenvalue weighted by molar-refractivity contribution is 0.0954. The molecule has 0 atom stereocenters. The molecule has 0 bridgehead atoms. The number of guanidine groups is 1. The number of thiazole rings is 1. The van der Waals surface area contributed by atoms with Crippen LogP contribution >= 0.6 is 35.3 Å². The largest absolute Gasteiger partial charge is 0.355 e. The second-order valence-electron chi connectivity index (χ2n) is 4.84. The smallest absolute Gasteiger partial charge is 0.251 e. The van der Waals surface area contributed by atoms with Gasteiger partial charge in [-0.2, -0.15) is 0 Å². The fourth-order valence-electron chi connectivity index (χ4n) is 1.91. The van der Waals surface area contributed by atoms with E-state index >= 15 is 0 Å². The van der Waals surface area contributed by atoms with Crippen molar-refractivity contribution in [2.45, 2.75) is 13.5 Å². The molecule has 130 valence electrons. The van der Waals surface area contributed by atoms with Gasteiger partial charge in [0, 0.05) is 36.8 Å². The highest BCUT2D eigenvalue weighted by molar-refractivity contribution is 14.0. The molecule has 0 fully saturated rings. The van der Waals surface area contributed by atoms with Gasteiger partial charge in [0.15, 0.2) is 5.96 Å². The predicted octanol–water partition coefficient (Wildman–Crippen LogP) is 2.16. The van der Waals surface area contributed by atoms with Crippen LogP contribution in [0.25, 0.3) is 0 Å². The Morgan fingerprint density at radius 1 is 1.17 bits per heavy atom. The summed E-state index contributed by atoms with van der Waals surface area (Å²) in [6.07, 6.45) is 1.86. The number of nitrogens with zero attached hydrogens (tertiary/aromatic N) is 2. The van der Waals surface area contributed by atoms with Gasteiger partial charge in [0.25, 0.3) is 5.91 Å². The van der Waals surface area contributed by atoms with E-state index < -0.39 is 0 Å². The molecule has 6 nitrogen and oxygen atoms in total. The minimum absolute atomic E-state index is 0. The molecule has 0 aliphatic carbocycles. The molecule has 1 aromatic carbocycles. The van der Waals surface area contributed by atoms with Crippen molar-refractivity contribution < 1.29 is 4.79 Å². The summed E-state index contributed by atoms with van der Waals surface area (Å²) in [5.74, 6) is 0.612. The van der Waals surface area contributed by atoms with Crippen LogP contribution in [-0.2, 0) is 6.54 Å². The van der Waals surface area contributed by atoms with E-state index in [1.807, 2.05) is 31.3 Å². The molecule has 1 heterocycles. The van der Waals surface area contributed by atoms with Crippen LogP contribution in [0.3, 0.4) is 0 Å². The summed E-state index contributed by atoms with van der Waals surface area (Å²) < 4.78 is 0. The Balaban J connectivity index is 0.00000288. The third-order valence-corrected chi connectivity index (χ3v) is 3.95. The fourth-order valence-corrected chi connectivity index (χ4v) is 2.64. The Bertz CT molecular complexity index is 659. The molecular formula is C16H22IN5OS. The molecule has 3 N–H and O–H groups in total. The van der Waals surface area contributed by atoms with Crippen molar-refractivity contribution in [3.8, 4) is 0 Å². The number of rotatable bonds is 6. The van der Waals surface area contributed by atoms with Crippen molar-refractivity contribution in [1.82, 2.24) is 20.9 Å².